The van der Waals surface area contributed by atoms with Crippen LogP contribution in [0.1, 0.15) is 23.6 Å². The Labute approximate surface area is 181 Å². The van der Waals surface area contributed by atoms with E-state index in [1.54, 1.807) is 30.0 Å². The predicted octanol–water partition coefficient (Wildman–Crippen LogP) is 4.31. The van der Waals surface area contributed by atoms with E-state index < -0.39 is 10.0 Å². The maximum Gasteiger partial charge on any atom is 0.238 e. The number of fused-ring (bicyclic) bond motifs is 2. The zero-order valence-corrected chi connectivity index (χ0v) is 18.0. The zero-order valence-electron chi connectivity index (χ0n) is 16.4. The summed E-state index contributed by atoms with van der Waals surface area (Å²) in [5.41, 5.74) is 5.74. The van der Waals surface area contributed by atoms with Gasteiger partial charge in [0.15, 0.2) is 0 Å². The van der Waals surface area contributed by atoms with Crippen molar-refractivity contribution in [3.05, 3.63) is 82.4 Å². The maximum atomic E-state index is 12.4. The molecule has 1 heterocycles. The Balaban J connectivity index is 1.77. The molecule has 0 saturated carbocycles. The molecule has 3 aromatic rings. The smallest absolute Gasteiger partial charge is 0.238 e. The third-order valence-electron chi connectivity index (χ3n) is 5.41. The minimum absolute atomic E-state index is 0.0481. The van der Waals surface area contributed by atoms with Gasteiger partial charge >= 0.3 is 0 Å². The van der Waals surface area contributed by atoms with Crippen molar-refractivity contribution < 1.29 is 13.2 Å². The van der Waals surface area contributed by atoms with Gasteiger partial charge in [-0.3, -0.25) is 4.79 Å². The molecular formula is C23H21ClN2O3S. The topological polar surface area (TPSA) is 80.5 Å². The second kappa shape index (κ2) is 7.87. The van der Waals surface area contributed by atoms with Crippen LogP contribution >= 0.6 is 11.6 Å². The van der Waals surface area contributed by atoms with E-state index in [4.69, 9.17) is 16.7 Å². The van der Waals surface area contributed by atoms with Gasteiger partial charge in [0, 0.05) is 17.6 Å². The van der Waals surface area contributed by atoms with Crippen molar-refractivity contribution in [1.29, 1.82) is 0 Å². The van der Waals surface area contributed by atoms with Crippen molar-refractivity contribution in [2.75, 3.05) is 4.90 Å². The molecule has 0 atom stereocenters. The number of aryl methyl sites for hydroxylation is 2. The number of anilines is 1. The molecule has 0 saturated heterocycles. The van der Waals surface area contributed by atoms with Crippen molar-refractivity contribution in [3.63, 3.8) is 0 Å². The van der Waals surface area contributed by atoms with Crippen LogP contribution in [0.4, 0.5) is 5.69 Å². The van der Waals surface area contributed by atoms with E-state index in [1.807, 2.05) is 36.4 Å². The van der Waals surface area contributed by atoms with E-state index in [1.165, 1.54) is 6.07 Å². The number of sulfonamides is 1. The molecule has 0 aromatic heterocycles. The largest absolute Gasteiger partial charge is 0.308 e. The highest BCUT2D eigenvalue weighted by molar-refractivity contribution is 7.89. The van der Waals surface area contributed by atoms with E-state index >= 15 is 0 Å². The molecular weight excluding hydrogens is 420 g/mol. The summed E-state index contributed by atoms with van der Waals surface area (Å²) in [6, 6.07) is 18.2. The SMILES string of the molecule is CC(=O)N1Cc2cc(-c3cccc(S(N)(=O)=O)c3)ccc2CCc2cc(Cl)ccc21. The highest BCUT2D eigenvalue weighted by atomic mass is 35.5. The lowest BCUT2D eigenvalue weighted by Crippen LogP contribution is -2.30. The molecule has 1 aliphatic rings. The molecule has 0 radical (unpaired) electrons. The Kier molecular flexibility index (Phi) is 5.40. The number of carbonyl (C=O) groups excluding carboxylic acids is 1. The molecule has 2 N–H and O–H groups in total. The van der Waals surface area contributed by atoms with Crippen molar-refractivity contribution in [3.8, 4) is 11.1 Å². The lowest BCUT2D eigenvalue weighted by Gasteiger charge is -2.28. The number of rotatable bonds is 2. The van der Waals surface area contributed by atoms with Crippen LogP contribution in [0.2, 0.25) is 5.02 Å². The average molecular weight is 441 g/mol. The van der Waals surface area contributed by atoms with E-state index in [0.717, 1.165) is 46.3 Å². The fraction of sp³-hybridized carbons (Fsp3) is 0.174. The number of primary sulfonamides is 1. The molecule has 0 aliphatic carbocycles. The van der Waals surface area contributed by atoms with Crippen LogP contribution in [-0.4, -0.2) is 14.3 Å². The van der Waals surface area contributed by atoms with Gasteiger partial charge in [-0.2, -0.15) is 0 Å². The Morgan fingerprint density at radius 2 is 1.67 bits per heavy atom. The zero-order chi connectivity index (χ0) is 21.5. The first-order valence-corrected chi connectivity index (χ1v) is 11.5. The van der Waals surface area contributed by atoms with Crippen LogP contribution in [0.5, 0.6) is 0 Å². The highest BCUT2D eigenvalue weighted by Gasteiger charge is 2.21. The minimum Gasteiger partial charge on any atom is -0.308 e. The number of benzene rings is 3. The Morgan fingerprint density at radius 1 is 0.933 bits per heavy atom. The van der Waals surface area contributed by atoms with Crippen LogP contribution in [0.3, 0.4) is 0 Å². The fourth-order valence-electron chi connectivity index (χ4n) is 3.87. The quantitative estimate of drug-likeness (QED) is 0.644. The van der Waals surface area contributed by atoms with E-state index in [9.17, 15) is 13.2 Å². The summed E-state index contributed by atoms with van der Waals surface area (Å²) < 4.78 is 23.4. The third kappa shape index (κ3) is 4.12. The maximum absolute atomic E-state index is 12.4. The van der Waals surface area contributed by atoms with Crippen LogP contribution in [0.25, 0.3) is 11.1 Å². The molecule has 0 unspecified atom stereocenters. The first kappa shape index (κ1) is 20.6. The van der Waals surface area contributed by atoms with Crippen molar-refractivity contribution in [2.24, 2.45) is 5.14 Å². The predicted molar refractivity (Wildman–Crippen MR) is 119 cm³/mol. The van der Waals surface area contributed by atoms with Gasteiger partial charge in [0.2, 0.25) is 15.9 Å². The second-order valence-electron chi connectivity index (χ2n) is 7.43. The fourth-order valence-corrected chi connectivity index (χ4v) is 4.63. The molecule has 5 nitrogen and oxygen atoms in total. The summed E-state index contributed by atoms with van der Waals surface area (Å²) in [4.78, 5) is 14.3. The Bertz CT molecular complexity index is 1260. The number of nitrogens with zero attached hydrogens (tertiary/aromatic N) is 1. The number of nitrogens with two attached hydrogens (primary N) is 1. The summed E-state index contributed by atoms with van der Waals surface area (Å²) >= 11 is 6.18. The highest BCUT2D eigenvalue weighted by Crippen LogP contribution is 2.32. The summed E-state index contributed by atoms with van der Waals surface area (Å²) in [6.07, 6.45) is 1.60. The molecule has 0 bridgehead atoms. The van der Waals surface area contributed by atoms with Crippen molar-refractivity contribution >= 4 is 33.2 Å². The van der Waals surface area contributed by atoms with Crippen LogP contribution in [0.15, 0.2) is 65.6 Å². The molecule has 30 heavy (non-hydrogen) atoms. The summed E-state index contributed by atoms with van der Waals surface area (Å²) in [5.74, 6) is -0.0481. The van der Waals surface area contributed by atoms with Gasteiger partial charge in [0.25, 0.3) is 0 Å². The summed E-state index contributed by atoms with van der Waals surface area (Å²) in [5, 5.41) is 5.93. The van der Waals surface area contributed by atoms with Crippen LogP contribution in [-0.2, 0) is 34.2 Å². The third-order valence-corrected chi connectivity index (χ3v) is 6.55. The summed E-state index contributed by atoms with van der Waals surface area (Å²) in [7, 11) is -3.78. The number of hydrogen-bond acceptors (Lipinski definition) is 3. The van der Waals surface area contributed by atoms with Gasteiger partial charge in [0.05, 0.1) is 11.4 Å². The normalized spacial score (nSPS) is 13.8. The second-order valence-corrected chi connectivity index (χ2v) is 9.43. The van der Waals surface area contributed by atoms with Gasteiger partial charge < -0.3 is 4.90 Å². The van der Waals surface area contributed by atoms with E-state index in [-0.39, 0.29) is 10.8 Å². The number of halogens is 1. The molecule has 154 valence electrons. The van der Waals surface area contributed by atoms with Gasteiger partial charge in [-0.15, -0.1) is 0 Å². The van der Waals surface area contributed by atoms with Crippen LogP contribution < -0.4 is 10.0 Å². The average Bonchev–Trinajstić information content (AvgIpc) is 2.69. The molecule has 0 spiro atoms. The van der Waals surface area contributed by atoms with Crippen molar-refractivity contribution in [2.45, 2.75) is 31.2 Å². The van der Waals surface area contributed by atoms with E-state index in [2.05, 4.69) is 0 Å². The van der Waals surface area contributed by atoms with E-state index in [0.29, 0.717) is 11.6 Å². The van der Waals surface area contributed by atoms with Crippen molar-refractivity contribution in [1.82, 2.24) is 0 Å². The van der Waals surface area contributed by atoms with Crippen LogP contribution in [0, 0.1) is 0 Å². The minimum atomic E-state index is -3.78. The first-order valence-electron chi connectivity index (χ1n) is 9.54. The van der Waals surface area contributed by atoms with Gasteiger partial charge in [0.1, 0.15) is 0 Å². The molecule has 3 aromatic carbocycles. The molecule has 1 amide bonds. The molecule has 0 fully saturated rings. The lowest BCUT2D eigenvalue weighted by molar-refractivity contribution is -0.116. The number of carbonyl (C=O) groups is 1. The first-order chi connectivity index (χ1) is 14.2. The van der Waals surface area contributed by atoms with Gasteiger partial charge in [-0.25, -0.2) is 13.6 Å². The Morgan fingerprint density at radius 3 is 2.40 bits per heavy atom. The number of amides is 1. The Hall–Kier alpha value is -2.67. The number of hydrogen-bond donors (Lipinski definition) is 1. The standard InChI is InChI=1S/C23H21ClN2O3S/c1-15(27)26-14-20-11-18(17-3-2-4-22(13-17)30(25,28)29)7-5-16(20)6-8-19-12-21(24)9-10-23(19)26/h2-5,7,9-13H,6,8,14H2,1H3,(H2,25,28,29). The monoisotopic (exact) mass is 440 g/mol. The molecule has 4 rings (SSSR count). The summed E-state index contributed by atoms with van der Waals surface area (Å²) in [6.45, 7) is 1.99. The van der Waals surface area contributed by atoms with Gasteiger partial charge in [-0.1, -0.05) is 35.9 Å². The van der Waals surface area contributed by atoms with Gasteiger partial charge in [-0.05, 0) is 77.1 Å². The lowest BCUT2D eigenvalue weighted by atomic mass is 9.92. The molecule has 7 heteroatoms. The molecule has 1 aliphatic heterocycles.